The van der Waals surface area contributed by atoms with Gasteiger partial charge in [0, 0.05) is 11.8 Å². The number of nitrogens with zero attached hydrogens (tertiary/aromatic N) is 3. The Hall–Kier alpha value is -2.76. The first-order chi connectivity index (χ1) is 11.0. The summed E-state index contributed by atoms with van der Waals surface area (Å²) in [5.74, 6) is -0.952. The van der Waals surface area contributed by atoms with Crippen molar-refractivity contribution in [3.8, 4) is 11.4 Å². The average Bonchev–Trinajstić information content (AvgIpc) is 2.86. The molecule has 1 atom stereocenters. The van der Waals surface area contributed by atoms with Gasteiger partial charge in [0.1, 0.15) is 23.2 Å². The van der Waals surface area contributed by atoms with Gasteiger partial charge in [0.15, 0.2) is 5.65 Å². The second-order valence-corrected chi connectivity index (χ2v) is 5.43. The Kier molecular flexibility index (Phi) is 3.82. The highest BCUT2D eigenvalue weighted by Crippen LogP contribution is 2.29. The Balaban J connectivity index is 2.33. The zero-order valence-corrected chi connectivity index (χ0v) is 12.8. The Morgan fingerprint density at radius 3 is 2.83 bits per heavy atom. The van der Waals surface area contributed by atoms with Gasteiger partial charge in [-0.15, -0.1) is 0 Å². The molecule has 0 aliphatic carbocycles. The average molecular weight is 313 g/mol. The number of carboxylic acid groups (broad SMARTS) is 1. The second-order valence-electron chi connectivity index (χ2n) is 5.43. The van der Waals surface area contributed by atoms with E-state index in [0.717, 1.165) is 5.56 Å². The summed E-state index contributed by atoms with van der Waals surface area (Å²) in [6.07, 6.45) is 2.04. The molecule has 0 aliphatic rings. The topological polar surface area (TPSA) is 68.0 Å². The maximum Gasteiger partial charge on any atom is 0.326 e. The fourth-order valence-electron chi connectivity index (χ4n) is 2.68. The minimum Gasteiger partial charge on any atom is -0.480 e. The minimum absolute atomic E-state index is 0.374. The molecule has 3 rings (SSSR count). The number of fused-ring (bicyclic) bond motifs is 1. The van der Waals surface area contributed by atoms with Crippen LogP contribution >= 0.6 is 0 Å². The first-order valence-corrected chi connectivity index (χ1v) is 7.34. The summed E-state index contributed by atoms with van der Waals surface area (Å²) >= 11 is 0. The number of benzene rings is 1. The molecule has 1 unspecified atom stereocenters. The lowest BCUT2D eigenvalue weighted by molar-refractivity contribution is -0.140. The smallest absolute Gasteiger partial charge is 0.326 e. The number of pyridine rings is 1. The van der Waals surface area contributed by atoms with Gasteiger partial charge in [-0.25, -0.2) is 19.2 Å². The van der Waals surface area contributed by atoms with E-state index in [1.807, 2.05) is 13.0 Å². The second kappa shape index (κ2) is 5.79. The lowest BCUT2D eigenvalue weighted by Gasteiger charge is -2.15. The molecule has 0 aliphatic heterocycles. The van der Waals surface area contributed by atoms with Gasteiger partial charge in [-0.05, 0) is 37.1 Å². The molecule has 2 aromatic heterocycles. The van der Waals surface area contributed by atoms with Crippen LogP contribution < -0.4 is 0 Å². The summed E-state index contributed by atoms with van der Waals surface area (Å²) in [4.78, 5) is 20.5. The molecule has 118 valence electrons. The van der Waals surface area contributed by atoms with Gasteiger partial charge in [0.05, 0.1) is 0 Å². The Morgan fingerprint density at radius 2 is 2.17 bits per heavy atom. The lowest BCUT2D eigenvalue weighted by Crippen LogP contribution is -2.19. The molecular formula is C17H16FN3O2. The van der Waals surface area contributed by atoms with E-state index in [1.54, 1.807) is 29.8 Å². The molecule has 0 fully saturated rings. The van der Waals surface area contributed by atoms with Crippen molar-refractivity contribution < 1.29 is 14.3 Å². The fourth-order valence-corrected chi connectivity index (χ4v) is 2.68. The molecule has 0 saturated heterocycles. The Morgan fingerprint density at radius 1 is 1.39 bits per heavy atom. The molecule has 1 N–H and O–H groups in total. The molecule has 0 saturated carbocycles. The number of hydrogen-bond donors (Lipinski definition) is 1. The number of imidazole rings is 1. The molecule has 1 aromatic carbocycles. The highest BCUT2D eigenvalue weighted by molar-refractivity contribution is 5.82. The predicted octanol–water partition coefficient (Wildman–Crippen LogP) is 3.58. The van der Waals surface area contributed by atoms with Crippen LogP contribution in [0.1, 0.15) is 24.9 Å². The number of hydrogen-bond acceptors (Lipinski definition) is 3. The number of carboxylic acids is 1. The van der Waals surface area contributed by atoms with Crippen molar-refractivity contribution in [2.75, 3.05) is 0 Å². The summed E-state index contributed by atoms with van der Waals surface area (Å²) in [5, 5.41) is 9.53. The van der Waals surface area contributed by atoms with Crippen molar-refractivity contribution in [3.05, 3.63) is 47.9 Å². The van der Waals surface area contributed by atoms with Gasteiger partial charge in [0.2, 0.25) is 0 Å². The number of aromatic nitrogens is 3. The zero-order valence-electron chi connectivity index (χ0n) is 12.8. The molecule has 0 spiro atoms. The number of aryl methyl sites for hydroxylation is 1. The predicted molar refractivity (Wildman–Crippen MR) is 84.6 cm³/mol. The SMILES string of the molecule is CCC(C(=O)O)n1c(-c2cccc(F)c2)nc2cc(C)cnc21. The molecular weight excluding hydrogens is 297 g/mol. The summed E-state index contributed by atoms with van der Waals surface area (Å²) in [6.45, 7) is 3.68. The summed E-state index contributed by atoms with van der Waals surface area (Å²) < 4.78 is 15.2. The fraction of sp³-hybridized carbons (Fsp3) is 0.235. The number of carbonyl (C=O) groups is 1. The third-order valence-electron chi connectivity index (χ3n) is 3.73. The number of aliphatic carboxylic acids is 1. The molecule has 2 heterocycles. The highest BCUT2D eigenvalue weighted by atomic mass is 19.1. The van der Waals surface area contributed by atoms with E-state index in [4.69, 9.17) is 0 Å². The number of rotatable bonds is 4. The van der Waals surface area contributed by atoms with Gasteiger partial charge in [-0.3, -0.25) is 4.57 Å². The van der Waals surface area contributed by atoms with Crippen LogP contribution in [0.15, 0.2) is 36.5 Å². The van der Waals surface area contributed by atoms with E-state index >= 15 is 0 Å². The number of halogens is 1. The Labute approximate surface area is 132 Å². The van der Waals surface area contributed by atoms with Crippen LogP contribution in [0.2, 0.25) is 0 Å². The highest BCUT2D eigenvalue weighted by Gasteiger charge is 2.25. The van der Waals surface area contributed by atoms with Crippen molar-refractivity contribution in [1.82, 2.24) is 14.5 Å². The molecule has 6 heteroatoms. The Bertz CT molecular complexity index is 889. The van der Waals surface area contributed by atoms with Crippen molar-refractivity contribution in [3.63, 3.8) is 0 Å². The van der Waals surface area contributed by atoms with Gasteiger partial charge in [-0.1, -0.05) is 19.1 Å². The standard InChI is InChI=1S/C17H16FN3O2/c1-3-14(17(22)23)21-15(11-5-4-6-12(18)8-11)20-13-7-10(2)9-19-16(13)21/h4-9,14H,3H2,1-2H3,(H,22,23). The quantitative estimate of drug-likeness (QED) is 0.799. The third-order valence-corrected chi connectivity index (χ3v) is 3.73. The molecule has 0 radical (unpaired) electrons. The van der Waals surface area contributed by atoms with Crippen LogP contribution in [0.5, 0.6) is 0 Å². The van der Waals surface area contributed by atoms with Crippen molar-refractivity contribution in [1.29, 1.82) is 0 Å². The maximum absolute atomic E-state index is 13.6. The summed E-state index contributed by atoms with van der Waals surface area (Å²) in [5.41, 5.74) is 2.55. The van der Waals surface area contributed by atoms with E-state index in [9.17, 15) is 14.3 Å². The van der Waals surface area contributed by atoms with Crippen LogP contribution in [0.3, 0.4) is 0 Å². The van der Waals surface area contributed by atoms with Crippen molar-refractivity contribution in [2.24, 2.45) is 0 Å². The van der Waals surface area contributed by atoms with Crippen LogP contribution in [0, 0.1) is 12.7 Å². The van der Waals surface area contributed by atoms with E-state index in [2.05, 4.69) is 9.97 Å². The van der Waals surface area contributed by atoms with E-state index in [-0.39, 0.29) is 0 Å². The minimum atomic E-state index is -0.966. The van der Waals surface area contributed by atoms with Crippen molar-refractivity contribution >= 4 is 17.1 Å². The van der Waals surface area contributed by atoms with Gasteiger partial charge in [-0.2, -0.15) is 0 Å². The van der Waals surface area contributed by atoms with Crippen LogP contribution in [-0.4, -0.2) is 25.6 Å². The van der Waals surface area contributed by atoms with E-state index in [1.165, 1.54) is 12.1 Å². The first kappa shape index (κ1) is 15.1. The molecule has 3 aromatic rings. The third kappa shape index (κ3) is 2.67. The molecule has 23 heavy (non-hydrogen) atoms. The first-order valence-electron chi connectivity index (χ1n) is 7.34. The zero-order chi connectivity index (χ0) is 16.6. The van der Waals surface area contributed by atoms with Gasteiger partial charge in [0.25, 0.3) is 0 Å². The van der Waals surface area contributed by atoms with Gasteiger partial charge >= 0.3 is 5.97 Å². The van der Waals surface area contributed by atoms with Gasteiger partial charge < -0.3 is 5.11 Å². The van der Waals surface area contributed by atoms with Crippen LogP contribution in [0.25, 0.3) is 22.6 Å². The van der Waals surface area contributed by atoms with E-state index < -0.39 is 17.8 Å². The summed E-state index contributed by atoms with van der Waals surface area (Å²) in [6, 6.07) is 7.01. The van der Waals surface area contributed by atoms with E-state index in [0.29, 0.717) is 29.0 Å². The lowest BCUT2D eigenvalue weighted by atomic mass is 10.1. The summed E-state index contributed by atoms with van der Waals surface area (Å²) in [7, 11) is 0. The monoisotopic (exact) mass is 313 g/mol. The molecule has 0 amide bonds. The van der Waals surface area contributed by atoms with Crippen molar-refractivity contribution in [2.45, 2.75) is 26.3 Å². The van der Waals surface area contributed by atoms with Crippen LogP contribution in [0.4, 0.5) is 4.39 Å². The maximum atomic E-state index is 13.6. The van der Waals surface area contributed by atoms with Crippen LogP contribution in [-0.2, 0) is 4.79 Å². The largest absolute Gasteiger partial charge is 0.480 e. The molecule has 0 bridgehead atoms. The normalized spacial score (nSPS) is 12.5. The molecule has 5 nitrogen and oxygen atoms in total.